The number of nitrogens with zero attached hydrogens (tertiary/aromatic N) is 1. The summed E-state index contributed by atoms with van der Waals surface area (Å²) in [5, 5.41) is 0. The van der Waals surface area contributed by atoms with E-state index in [1.165, 1.54) is 12.0 Å². The molecular weight excluding hydrogens is 210 g/mol. The Morgan fingerprint density at radius 3 is 2.76 bits per heavy atom. The first-order chi connectivity index (χ1) is 8.22. The van der Waals surface area contributed by atoms with E-state index in [0.29, 0.717) is 11.8 Å². The molecule has 0 aromatic heterocycles. The first-order valence-corrected chi connectivity index (χ1v) is 6.50. The Balaban J connectivity index is 2.02. The number of hydrogen-bond donors (Lipinski definition) is 0. The van der Waals surface area contributed by atoms with Gasteiger partial charge < -0.3 is 4.90 Å². The van der Waals surface area contributed by atoms with Gasteiger partial charge in [0.05, 0.1) is 0 Å². The first kappa shape index (κ1) is 11.0. The molecule has 0 radical (unpaired) electrons. The molecule has 0 amide bonds. The van der Waals surface area contributed by atoms with E-state index in [0.717, 1.165) is 25.8 Å². The number of likely N-dealkylation sites (tertiary alicyclic amines) is 1. The van der Waals surface area contributed by atoms with E-state index in [1.54, 1.807) is 0 Å². The predicted molar refractivity (Wildman–Crippen MR) is 68.0 cm³/mol. The lowest BCUT2D eigenvalue weighted by atomic mass is 9.66. The monoisotopic (exact) mass is 229 g/mol. The molecule has 2 aliphatic rings. The Morgan fingerprint density at radius 1 is 1.24 bits per heavy atom. The highest BCUT2D eigenvalue weighted by molar-refractivity contribution is 5.80. The van der Waals surface area contributed by atoms with Crippen LogP contribution in [0.15, 0.2) is 30.3 Å². The molecule has 2 heteroatoms. The standard InChI is InChI=1S/C15H19NO/c1-16-10-9-15(12-5-3-2-4-6-12)8-7-13(17)11-14(15)16/h2-6,14H,7-11H2,1H3. The molecule has 2 atom stereocenters. The van der Waals surface area contributed by atoms with Crippen LogP contribution in [0.2, 0.25) is 0 Å². The summed E-state index contributed by atoms with van der Waals surface area (Å²) in [4.78, 5) is 14.1. The number of carbonyl (C=O) groups is 1. The number of ketones is 1. The summed E-state index contributed by atoms with van der Waals surface area (Å²) in [6.45, 7) is 1.12. The van der Waals surface area contributed by atoms with Gasteiger partial charge in [0.15, 0.2) is 0 Å². The van der Waals surface area contributed by atoms with Crippen molar-refractivity contribution < 1.29 is 4.79 Å². The summed E-state index contributed by atoms with van der Waals surface area (Å²) in [5.41, 5.74) is 1.67. The Hall–Kier alpha value is -1.15. The molecule has 3 rings (SSSR count). The van der Waals surface area contributed by atoms with Crippen LogP contribution in [0.1, 0.15) is 31.2 Å². The molecule has 17 heavy (non-hydrogen) atoms. The summed E-state index contributed by atoms with van der Waals surface area (Å²) in [7, 11) is 2.16. The minimum Gasteiger partial charge on any atom is -0.302 e. The van der Waals surface area contributed by atoms with Crippen molar-refractivity contribution in [3.63, 3.8) is 0 Å². The first-order valence-electron chi connectivity index (χ1n) is 6.50. The van der Waals surface area contributed by atoms with Gasteiger partial charge in [-0.2, -0.15) is 0 Å². The second kappa shape index (κ2) is 3.95. The summed E-state index contributed by atoms with van der Waals surface area (Å²) in [5.74, 6) is 0.440. The minimum absolute atomic E-state index is 0.240. The van der Waals surface area contributed by atoms with Crippen LogP contribution in [-0.4, -0.2) is 30.3 Å². The van der Waals surface area contributed by atoms with Crippen LogP contribution in [0.4, 0.5) is 0 Å². The SMILES string of the molecule is CN1CCC2(c3ccccc3)CCC(=O)CC12. The number of fused-ring (bicyclic) bond motifs is 1. The molecular formula is C15H19NO. The van der Waals surface area contributed by atoms with Gasteiger partial charge in [0, 0.05) is 24.3 Å². The Bertz CT molecular complexity index is 428. The van der Waals surface area contributed by atoms with E-state index in [4.69, 9.17) is 0 Å². The predicted octanol–water partition coefficient (Wildman–Crippen LogP) is 2.38. The quantitative estimate of drug-likeness (QED) is 0.737. The molecule has 0 spiro atoms. The van der Waals surface area contributed by atoms with Crippen molar-refractivity contribution >= 4 is 5.78 Å². The van der Waals surface area contributed by atoms with Crippen molar-refractivity contribution in [1.82, 2.24) is 4.90 Å². The van der Waals surface area contributed by atoms with Crippen LogP contribution in [0.3, 0.4) is 0 Å². The Kier molecular flexibility index (Phi) is 2.55. The lowest BCUT2D eigenvalue weighted by Crippen LogP contribution is -2.46. The maximum Gasteiger partial charge on any atom is 0.134 e. The highest BCUT2D eigenvalue weighted by Crippen LogP contribution is 2.47. The largest absolute Gasteiger partial charge is 0.302 e. The molecule has 0 bridgehead atoms. The summed E-state index contributed by atoms with van der Waals surface area (Å²) in [6.07, 6.45) is 3.74. The zero-order chi connectivity index (χ0) is 11.9. The molecule has 1 heterocycles. The zero-order valence-electron chi connectivity index (χ0n) is 10.4. The van der Waals surface area contributed by atoms with Crippen LogP contribution < -0.4 is 0 Å². The third-order valence-electron chi connectivity index (χ3n) is 4.70. The van der Waals surface area contributed by atoms with Crippen LogP contribution >= 0.6 is 0 Å². The third-order valence-corrected chi connectivity index (χ3v) is 4.70. The molecule has 1 aromatic rings. The van der Waals surface area contributed by atoms with Gasteiger partial charge in [-0.05, 0) is 32.0 Å². The lowest BCUT2D eigenvalue weighted by molar-refractivity contribution is -0.122. The van der Waals surface area contributed by atoms with Crippen molar-refractivity contribution in [2.45, 2.75) is 37.1 Å². The van der Waals surface area contributed by atoms with E-state index in [9.17, 15) is 4.79 Å². The minimum atomic E-state index is 0.240. The lowest BCUT2D eigenvalue weighted by Gasteiger charge is -2.41. The molecule has 2 fully saturated rings. The van der Waals surface area contributed by atoms with Gasteiger partial charge in [0.1, 0.15) is 5.78 Å². The average Bonchev–Trinajstić information content (AvgIpc) is 2.70. The van der Waals surface area contributed by atoms with Crippen LogP contribution in [0.25, 0.3) is 0 Å². The fourth-order valence-corrected chi connectivity index (χ4v) is 3.69. The number of rotatable bonds is 1. The van der Waals surface area contributed by atoms with E-state index in [-0.39, 0.29) is 5.41 Å². The number of benzene rings is 1. The summed E-state index contributed by atoms with van der Waals surface area (Å²) < 4.78 is 0. The highest BCUT2D eigenvalue weighted by atomic mass is 16.1. The maximum atomic E-state index is 11.7. The molecule has 90 valence electrons. The Morgan fingerprint density at radius 2 is 2.00 bits per heavy atom. The number of hydrogen-bond acceptors (Lipinski definition) is 2. The number of likely N-dealkylation sites (N-methyl/N-ethyl adjacent to an activating group) is 1. The van der Waals surface area contributed by atoms with Gasteiger partial charge in [-0.15, -0.1) is 0 Å². The highest BCUT2D eigenvalue weighted by Gasteiger charge is 2.49. The van der Waals surface area contributed by atoms with Crippen molar-refractivity contribution in [3.8, 4) is 0 Å². The number of Topliss-reactive ketones (excluding diaryl/α,β-unsaturated/α-hetero) is 1. The van der Waals surface area contributed by atoms with Crippen LogP contribution in [-0.2, 0) is 10.2 Å². The van der Waals surface area contributed by atoms with E-state index < -0.39 is 0 Å². The summed E-state index contributed by atoms with van der Waals surface area (Å²) in [6, 6.07) is 11.2. The summed E-state index contributed by atoms with van der Waals surface area (Å²) >= 11 is 0. The van der Waals surface area contributed by atoms with Gasteiger partial charge in [0.25, 0.3) is 0 Å². The third kappa shape index (κ3) is 1.62. The molecule has 2 nitrogen and oxygen atoms in total. The van der Waals surface area contributed by atoms with Gasteiger partial charge in [-0.25, -0.2) is 0 Å². The number of carbonyl (C=O) groups excluding carboxylic acids is 1. The second-order valence-corrected chi connectivity index (χ2v) is 5.51. The zero-order valence-corrected chi connectivity index (χ0v) is 10.4. The van der Waals surface area contributed by atoms with Crippen molar-refractivity contribution in [1.29, 1.82) is 0 Å². The van der Waals surface area contributed by atoms with Crippen molar-refractivity contribution in [3.05, 3.63) is 35.9 Å². The molecule has 0 N–H and O–H groups in total. The van der Waals surface area contributed by atoms with E-state index in [1.807, 2.05) is 0 Å². The van der Waals surface area contributed by atoms with E-state index in [2.05, 4.69) is 42.3 Å². The average molecular weight is 229 g/mol. The molecule has 1 saturated carbocycles. The van der Waals surface area contributed by atoms with E-state index >= 15 is 0 Å². The fourth-order valence-electron chi connectivity index (χ4n) is 3.69. The molecule has 1 aromatic carbocycles. The normalized spacial score (nSPS) is 33.7. The van der Waals surface area contributed by atoms with Crippen molar-refractivity contribution in [2.24, 2.45) is 0 Å². The Labute approximate surface area is 103 Å². The van der Waals surface area contributed by atoms with Crippen LogP contribution in [0, 0.1) is 0 Å². The second-order valence-electron chi connectivity index (χ2n) is 5.51. The van der Waals surface area contributed by atoms with Gasteiger partial charge in [0.2, 0.25) is 0 Å². The molecule has 2 unspecified atom stereocenters. The van der Waals surface area contributed by atoms with Gasteiger partial charge >= 0.3 is 0 Å². The fraction of sp³-hybridized carbons (Fsp3) is 0.533. The smallest absolute Gasteiger partial charge is 0.134 e. The molecule has 1 saturated heterocycles. The van der Waals surface area contributed by atoms with Gasteiger partial charge in [-0.1, -0.05) is 30.3 Å². The van der Waals surface area contributed by atoms with Gasteiger partial charge in [-0.3, -0.25) is 4.79 Å². The van der Waals surface area contributed by atoms with Crippen LogP contribution in [0.5, 0.6) is 0 Å². The molecule has 1 aliphatic carbocycles. The molecule has 1 aliphatic heterocycles. The van der Waals surface area contributed by atoms with Crippen molar-refractivity contribution in [2.75, 3.05) is 13.6 Å². The maximum absolute atomic E-state index is 11.7. The topological polar surface area (TPSA) is 20.3 Å².